The van der Waals surface area contributed by atoms with E-state index in [4.69, 9.17) is 33.2 Å². The van der Waals surface area contributed by atoms with Crippen LogP contribution in [0.3, 0.4) is 0 Å². The van der Waals surface area contributed by atoms with Crippen LogP contribution < -0.4 is 5.32 Å². The van der Waals surface area contributed by atoms with Crippen molar-refractivity contribution >= 4 is 50.6 Å². The van der Waals surface area contributed by atoms with Gasteiger partial charge in [0.1, 0.15) is 10.6 Å². The number of aryl methyl sites for hydroxylation is 2. The maximum Gasteiger partial charge on any atom is 0.253 e. The van der Waals surface area contributed by atoms with Crippen molar-refractivity contribution in [1.82, 2.24) is 19.7 Å². The molecule has 1 aliphatic rings. The van der Waals surface area contributed by atoms with Crippen molar-refractivity contribution in [2.24, 2.45) is 0 Å². The number of anilines is 1. The van der Waals surface area contributed by atoms with Crippen molar-refractivity contribution in [2.75, 3.05) is 5.32 Å². The molecule has 0 spiro atoms. The number of aromatic nitrogens is 4. The van der Waals surface area contributed by atoms with E-state index < -0.39 is 0 Å². The predicted octanol–water partition coefficient (Wildman–Crippen LogP) is 5.67. The van der Waals surface area contributed by atoms with E-state index in [0.29, 0.717) is 22.5 Å². The van der Waals surface area contributed by atoms with Crippen LogP contribution in [0.25, 0.3) is 16.2 Å². The number of rotatable bonds is 4. The van der Waals surface area contributed by atoms with E-state index in [1.807, 2.05) is 30.5 Å². The molecule has 0 radical (unpaired) electrons. The molecule has 0 fully saturated rings. The molecule has 28 heavy (non-hydrogen) atoms. The van der Waals surface area contributed by atoms with Crippen molar-refractivity contribution in [2.45, 2.75) is 32.2 Å². The highest BCUT2D eigenvalue weighted by molar-refractivity contribution is 7.19. The van der Waals surface area contributed by atoms with E-state index in [-0.39, 0.29) is 0 Å². The Balaban J connectivity index is 1.58. The van der Waals surface area contributed by atoms with E-state index in [1.165, 1.54) is 23.3 Å². The second-order valence-corrected chi connectivity index (χ2v) is 8.71. The average molecular weight is 430 g/mol. The third-order valence-corrected chi connectivity index (χ3v) is 6.88. The normalized spacial score (nSPS) is 13.6. The molecule has 1 aromatic carbocycles. The monoisotopic (exact) mass is 429 g/mol. The zero-order valence-corrected chi connectivity index (χ0v) is 17.3. The number of hydrogen-bond acceptors (Lipinski definition) is 5. The first-order valence-electron chi connectivity index (χ1n) is 9.19. The lowest BCUT2D eigenvalue weighted by molar-refractivity contribution is 0.700. The SMILES string of the molecule is Clc1ccc(CNc2nc(-n3cccn3)nc3sc4c(c23)CCCC4)cc1Cl. The van der Waals surface area contributed by atoms with Gasteiger partial charge >= 0.3 is 0 Å². The molecule has 3 aromatic heterocycles. The standard InChI is InChI=1S/C20H17Cl2N5S/c21-14-7-6-12(10-15(14)22)11-23-18-17-13-4-1-2-5-16(13)28-19(17)26-20(25-18)27-9-3-8-24-27/h3,6-10H,1-2,4-5,11H2,(H,23,25,26). The third-order valence-electron chi connectivity index (χ3n) is 4.96. The van der Waals surface area contributed by atoms with E-state index in [0.717, 1.165) is 34.4 Å². The minimum absolute atomic E-state index is 0.555. The van der Waals surface area contributed by atoms with Gasteiger partial charge in [-0.2, -0.15) is 15.1 Å². The molecular formula is C20H17Cl2N5S. The van der Waals surface area contributed by atoms with Crippen LogP contribution in [-0.2, 0) is 19.4 Å². The number of halogens is 2. The first kappa shape index (κ1) is 17.9. The largest absolute Gasteiger partial charge is 0.365 e. The van der Waals surface area contributed by atoms with Gasteiger partial charge in [0.15, 0.2) is 0 Å². The van der Waals surface area contributed by atoms with Crippen LogP contribution >= 0.6 is 34.5 Å². The van der Waals surface area contributed by atoms with Crippen molar-refractivity contribution in [3.63, 3.8) is 0 Å². The summed E-state index contributed by atoms with van der Waals surface area (Å²) in [6.45, 7) is 0.603. The molecule has 1 aliphatic carbocycles. The summed E-state index contributed by atoms with van der Waals surface area (Å²) >= 11 is 14.0. The Morgan fingerprint density at radius 1 is 1.11 bits per heavy atom. The molecule has 5 rings (SSSR count). The van der Waals surface area contributed by atoms with Gasteiger partial charge in [-0.25, -0.2) is 4.68 Å². The number of nitrogens with zero attached hydrogens (tertiary/aromatic N) is 4. The van der Waals surface area contributed by atoms with Gasteiger partial charge in [-0.05, 0) is 55.0 Å². The maximum absolute atomic E-state index is 6.17. The summed E-state index contributed by atoms with van der Waals surface area (Å²) in [6, 6.07) is 7.54. The Labute approximate surface area is 176 Å². The summed E-state index contributed by atoms with van der Waals surface area (Å²) in [6.07, 6.45) is 8.26. The average Bonchev–Trinajstić information content (AvgIpc) is 3.36. The van der Waals surface area contributed by atoms with Crippen LogP contribution in [0.1, 0.15) is 28.8 Å². The number of thiophene rings is 1. The molecule has 0 bridgehead atoms. The van der Waals surface area contributed by atoms with Crippen LogP contribution in [0.4, 0.5) is 5.82 Å². The molecule has 0 saturated heterocycles. The van der Waals surface area contributed by atoms with Crippen LogP contribution in [0.15, 0.2) is 36.7 Å². The molecule has 3 heterocycles. The van der Waals surface area contributed by atoms with Crippen molar-refractivity contribution in [1.29, 1.82) is 0 Å². The summed E-state index contributed by atoms with van der Waals surface area (Å²) in [4.78, 5) is 12.1. The molecular weight excluding hydrogens is 413 g/mol. The van der Waals surface area contributed by atoms with E-state index >= 15 is 0 Å². The number of benzene rings is 1. The fourth-order valence-corrected chi connectivity index (χ4v) is 5.18. The highest BCUT2D eigenvalue weighted by atomic mass is 35.5. The fraction of sp³-hybridized carbons (Fsp3) is 0.250. The van der Waals surface area contributed by atoms with Gasteiger partial charge in [0.25, 0.3) is 5.95 Å². The quantitative estimate of drug-likeness (QED) is 0.453. The Morgan fingerprint density at radius 3 is 2.82 bits per heavy atom. The van der Waals surface area contributed by atoms with Gasteiger partial charge in [0.2, 0.25) is 0 Å². The summed E-state index contributed by atoms with van der Waals surface area (Å²) in [5.74, 6) is 1.42. The highest BCUT2D eigenvalue weighted by Gasteiger charge is 2.21. The second kappa shape index (κ2) is 7.35. The summed E-state index contributed by atoms with van der Waals surface area (Å²) in [7, 11) is 0. The maximum atomic E-state index is 6.17. The molecule has 1 N–H and O–H groups in total. The minimum atomic E-state index is 0.555. The molecule has 5 nitrogen and oxygen atoms in total. The lowest BCUT2D eigenvalue weighted by Crippen LogP contribution is -2.08. The Kier molecular flexibility index (Phi) is 4.70. The minimum Gasteiger partial charge on any atom is -0.365 e. The topological polar surface area (TPSA) is 55.6 Å². The molecule has 0 atom stereocenters. The van der Waals surface area contributed by atoms with Gasteiger partial charge in [-0.15, -0.1) is 11.3 Å². The third kappa shape index (κ3) is 3.26. The summed E-state index contributed by atoms with van der Waals surface area (Å²) < 4.78 is 1.70. The first-order chi connectivity index (χ1) is 13.7. The number of nitrogens with one attached hydrogen (secondary N) is 1. The van der Waals surface area contributed by atoms with E-state index in [9.17, 15) is 0 Å². The second-order valence-electron chi connectivity index (χ2n) is 6.82. The van der Waals surface area contributed by atoms with Crippen molar-refractivity contribution < 1.29 is 0 Å². The van der Waals surface area contributed by atoms with Crippen LogP contribution in [0.2, 0.25) is 10.0 Å². The van der Waals surface area contributed by atoms with Gasteiger partial charge in [-0.1, -0.05) is 29.3 Å². The van der Waals surface area contributed by atoms with E-state index in [1.54, 1.807) is 22.2 Å². The van der Waals surface area contributed by atoms with Gasteiger partial charge in [-0.3, -0.25) is 0 Å². The van der Waals surface area contributed by atoms with Crippen LogP contribution in [-0.4, -0.2) is 19.7 Å². The summed E-state index contributed by atoms with van der Waals surface area (Å²) in [5, 5.41) is 10.1. The highest BCUT2D eigenvalue weighted by Crippen LogP contribution is 2.39. The molecule has 142 valence electrons. The predicted molar refractivity (Wildman–Crippen MR) is 115 cm³/mol. The Hall–Kier alpha value is -2.15. The lowest BCUT2D eigenvalue weighted by atomic mass is 9.97. The van der Waals surface area contributed by atoms with Crippen molar-refractivity contribution in [3.8, 4) is 5.95 Å². The molecule has 0 amide bonds. The zero-order valence-electron chi connectivity index (χ0n) is 15.0. The molecule has 4 aromatic rings. The van der Waals surface area contributed by atoms with Crippen LogP contribution in [0, 0.1) is 0 Å². The molecule has 0 unspecified atom stereocenters. The number of hydrogen-bond donors (Lipinski definition) is 1. The lowest BCUT2D eigenvalue weighted by Gasteiger charge is -2.13. The number of fused-ring (bicyclic) bond motifs is 3. The Bertz CT molecular complexity index is 1150. The summed E-state index contributed by atoms with van der Waals surface area (Å²) in [5.41, 5.74) is 2.45. The van der Waals surface area contributed by atoms with E-state index in [2.05, 4.69) is 10.4 Å². The van der Waals surface area contributed by atoms with Gasteiger partial charge < -0.3 is 5.32 Å². The first-order valence-corrected chi connectivity index (χ1v) is 10.8. The van der Waals surface area contributed by atoms with Gasteiger partial charge in [0, 0.05) is 23.8 Å². The smallest absolute Gasteiger partial charge is 0.253 e. The van der Waals surface area contributed by atoms with Gasteiger partial charge in [0.05, 0.1) is 15.4 Å². The van der Waals surface area contributed by atoms with Crippen molar-refractivity contribution in [3.05, 3.63) is 62.7 Å². The molecule has 0 saturated carbocycles. The fourth-order valence-electron chi connectivity index (χ4n) is 3.60. The molecule has 8 heteroatoms. The van der Waals surface area contributed by atoms with Crippen LogP contribution in [0.5, 0.6) is 0 Å². The molecule has 0 aliphatic heterocycles. The Morgan fingerprint density at radius 2 is 2.00 bits per heavy atom. The zero-order chi connectivity index (χ0) is 19.1.